The number of hydrogen-bond donors (Lipinski definition) is 2. The Kier molecular flexibility index (Phi) is 3.89. The number of nitrogens with zero attached hydrogens (tertiary/aromatic N) is 2. The van der Waals surface area contributed by atoms with E-state index in [0.717, 1.165) is 16.6 Å². The number of amides is 2. The Morgan fingerprint density at radius 2 is 1.70 bits per heavy atom. The molecular formula is C17H18N4O2. The number of carbonyl (C=O) groups is 1. The topological polar surface area (TPSA) is 68.1 Å². The summed E-state index contributed by atoms with van der Waals surface area (Å²) in [4.78, 5) is 23.9. The molecular weight excluding hydrogens is 292 g/mol. The third-order valence-corrected chi connectivity index (χ3v) is 3.83. The molecule has 118 valence electrons. The standard InChI is InChI=1S/C17H18N4O2/c1-20-14-9-8-13(10-15(14)21(2)17(20)23)19-16(22)18-11-12-6-4-3-5-7-12/h3-10H,11H2,1-2H3,(H2,18,19,22). The summed E-state index contributed by atoms with van der Waals surface area (Å²) in [7, 11) is 3.44. The van der Waals surface area contributed by atoms with Gasteiger partial charge in [0.1, 0.15) is 0 Å². The summed E-state index contributed by atoms with van der Waals surface area (Å²) in [6.45, 7) is 0.457. The van der Waals surface area contributed by atoms with Gasteiger partial charge in [0, 0.05) is 26.3 Å². The van der Waals surface area contributed by atoms with E-state index in [1.165, 1.54) is 0 Å². The molecule has 2 aromatic carbocycles. The molecule has 6 nitrogen and oxygen atoms in total. The highest BCUT2D eigenvalue weighted by molar-refractivity contribution is 5.92. The third-order valence-electron chi connectivity index (χ3n) is 3.83. The van der Waals surface area contributed by atoms with Crippen LogP contribution >= 0.6 is 0 Å². The summed E-state index contributed by atoms with van der Waals surface area (Å²) in [6, 6.07) is 14.8. The van der Waals surface area contributed by atoms with Gasteiger partial charge < -0.3 is 10.6 Å². The summed E-state index contributed by atoms with van der Waals surface area (Å²) in [5.74, 6) is 0. The lowest BCUT2D eigenvalue weighted by atomic mass is 10.2. The van der Waals surface area contributed by atoms with Gasteiger partial charge in [0.05, 0.1) is 11.0 Å². The lowest BCUT2D eigenvalue weighted by molar-refractivity contribution is 0.251. The Morgan fingerprint density at radius 1 is 1.00 bits per heavy atom. The fraction of sp³-hybridized carbons (Fsp3) is 0.176. The van der Waals surface area contributed by atoms with E-state index in [9.17, 15) is 9.59 Å². The highest BCUT2D eigenvalue weighted by atomic mass is 16.2. The molecule has 3 rings (SSSR count). The number of benzene rings is 2. The van der Waals surface area contributed by atoms with Crippen LogP contribution in [0.5, 0.6) is 0 Å². The maximum atomic E-state index is 12.0. The number of urea groups is 1. The molecule has 0 aliphatic heterocycles. The van der Waals surface area contributed by atoms with Crippen LogP contribution in [0.25, 0.3) is 11.0 Å². The van der Waals surface area contributed by atoms with E-state index >= 15 is 0 Å². The summed E-state index contributed by atoms with van der Waals surface area (Å²) >= 11 is 0. The first-order valence-corrected chi connectivity index (χ1v) is 7.30. The van der Waals surface area contributed by atoms with Crippen molar-refractivity contribution in [2.45, 2.75) is 6.54 Å². The van der Waals surface area contributed by atoms with E-state index in [4.69, 9.17) is 0 Å². The van der Waals surface area contributed by atoms with E-state index in [-0.39, 0.29) is 11.7 Å². The van der Waals surface area contributed by atoms with Gasteiger partial charge in [-0.15, -0.1) is 0 Å². The molecule has 0 fully saturated rings. The van der Waals surface area contributed by atoms with E-state index < -0.39 is 0 Å². The molecule has 0 unspecified atom stereocenters. The van der Waals surface area contributed by atoms with Gasteiger partial charge in [-0.05, 0) is 23.8 Å². The number of fused-ring (bicyclic) bond motifs is 1. The monoisotopic (exact) mass is 310 g/mol. The number of rotatable bonds is 3. The first-order chi connectivity index (χ1) is 11.1. The first-order valence-electron chi connectivity index (χ1n) is 7.30. The van der Waals surface area contributed by atoms with Crippen LogP contribution in [0.4, 0.5) is 10.5 Å². The zero-order valence-corrected chi connectivity index (χ0v) is 13.0. The Morgan fingerprint density at radius 3 is 2.43 bits per heavy atom. The number of nitrogens with one attached hydrogen (secondary N) is 2. The van der Waals surface area contributed by atoms with E-state index in [1.807, 2.05) is 36.4 Å². The van der Waals surface area contributed by atoms with Crippen LogP contribution in [-0.2, 0) is 20.6 Å². The fourth-order valence-corrected chi connectivity index (χ4v) is 2.54. The van der Waals surface area contributed by atoms with E-state index in [0.29, 0.717) is 12.2 Å². The van der Waals surface area contributed by atoms with Gasteiger partial charge in [-0.1, -0.05) is 30.3 Å². The molecule has 0 aliphatic carbocycles. The molecule has 0 spiro atoms. The van der Waals surface area contributed by atoms with Crippen LogP contribution in [0.3, 0.4) is 0 Å². The van der Waals surface area contributed by atoms with Crippen molar-refractivity contribution in [2.24, 2.45) is 14.1 Å². The maximum Gasteiger partial charge on any atom is 0.328 e. The van der Waals surface area contributed by atoms with Crippen molar-refractivity contribution in [3.8, 4) is 0 Å². The summed E-state index contributed by atoms with van der Waals surface area (Å²) in [5.41, 5.74) is 3.18. The summed E-state index contributed by atoms with van der Waals surface area (Å²) in [5, 5.41) is 5.59. The van der Waals surface area contributed by atoms with Crippen molar-refractivity contribution in [3.63, 3.8) is 0 Å². The Balaban J connectivity index is 1.72. The second-order valence-electron chi connectivity index (χ2n) is 5.40. The zero-order chi connectivity index (χ0) is 16.4. The quantitative estimate of drug-likeness (QED) is 0.779. The lowest BCUT2D eigenvalue weighted by Crippen LogP contribution is -2.28. The lowest BCUT2D eigenvalue weighted by Gasteiger charge is -2.08. The molecule has 1 heterocycles. The SMILES string of the molecule is Cn1c(=O)n(C)c2cc(NC(=O)NCc3ccccc3)ccc21. The highest BCUT2D eigenvalue weighted by Crippen LogP contribution is 2.17. The molecule has 0 radical (unpaired) electrons. The van der Waals surface area contributed by atoms with Crippen LogP contribution < -0.4 is 16.3 Å². The Hall–Kier alpha value is -3.02. The molecule has 23 heavy (non-hydrogen) atoms. The van der Waals surface area contributed by atoms with Crippen LogP contribution in [-0.4, -0.2) is 15.2 Å². The van der Waals surface area contributed by atoms with Crippen LogP contribution in [0.15, 0.2) is 53.3 Å². The molecule has 1 aromatic heterocycles. The van der Waals surface area contributed by atoms with Gasteiger partial charge in [-0.2, -0.15) is 0 Å². The molecule has 0 bridgehead atoms. The number of aryl methyl sites for hydroxylation is 2. The molecule has 0 aliphatic rings. The number of anilines is 1. The maximum absolute atomic E-state index is 12.0. The Bertz CT molecular complexity index is 909. The van der Waals surface area contributed by atoms with Gasteiger partial charge in [-0.25, -0.2) is 9.59 Å². The smallest absolute Gasteiger partial charge is 0.328 e. The predicted octanol–water partition coefficient (Wildman–Crippen LogP) is 2.20. The molecule has 2 amide bonds. The van der Waals surface area contributed by atoms with Crippen LogP contribution in [0, 0.1) is 0 Å². The van der Waals surface area contributed by atoms with Crippen molar-refractivity contribution in [3.05, 3.63) is 64.6 Å². The first kappa shape index (κ1) is 14.9. The van der Waals surface area contributed by atoms with Gasteiger partial charge in [0.25, 0.3) is 0 Å². The minimum atomic E-state index is -0.283. The van der Waals surface area contributed by atoms with Crippen molar-refractivity contribution < 1.29 is 4.79 Å². The van der Waals surface area contributed by atoms with Crippen LogP contribution in [0.1, 0.15) is 5.56 Å². The van der Waals surface area contributed by atoms with E-state index in [2.05, 4.69) is 10.6 Å². The zero-order valence-electron chi connectivity index (χ0n) is 13.0. The minimum absolute atomic E-state index is 0.0920. The summed E-state index contributed by atoms with van der Waals surface area (Å²) in [6.07, 6.45) is 0. The van der Waals surface area contributed by atoms with Gasteiger partial charge in [0.2, 0.25) is 0 Å². The van der Waals surface area contributed by atoms with Crippen molar-refractivity contribution in [2.75, 3.05) is 5.32 Å². The molecule has 2 N–H and O–H groups in total. The predicted molar refractivity (Wildman–Crippen MR) is 90.5 cm³/mol. The molecule has 0 atom stereocenters. The van der Waals surface area contributed by atoms with Gasteiger partial charge >= 0.3 is 11.7 Å². The molecule has 0 saturated carbocycles. The van der Waals surface area contributed by atoms with E-state index in [1.54, 1.807) is 35.4 Å². The molecule has 6 heteroatoms. The number of imidazole rings is 1. The normalized spacial score (nSPS) is 10.7. The number of hydrogen-bond acceptors (Lipinski definition) is 2. The average molecular weight is 310 g/mol. The average Bonchev–Trinajstić information content (AvgIpc) is 2.78. The number of aromatic nitrogens is 2. The fourth-order valence-electron chi connectivity index (χ4n) is 2.54. The minimum Gasteiger partial charge on any atom is -0.334 e. The largest absolute Gasteiger partial charge is 0.334 e. The third kappa shape index (κ3) is 2.96. The molecule has 3 aromatic rings. The van der Waals surface area contributed by atoms with Crippen LogP contribution in [0.2, 0.25) is 0 Å². The summed E-state index contributed by atoms with van der Waals surface area (Å²) < 4.78 is 3.14. The second kappa shape index (κ2) is 6.00. The Labute approximate surface area is 133 Å². The van der Waals surface area contributed by atoms with Crippen molar-refractivity contribution >= 4 is 22.8 Å². The second-order valence-corrected chi connectivity index (χ2v) is 5.40. The molecule has 0 saturated heterocycles. The van der Waals surface area contributed by atoms with Gasteiger partial charge in [-0.3, -0.25) is 9.13 Å². The highest BCUT2D eigenvalue weighted by Gasteiger charge is 2.09. The van der Waals surface area contributed by atoms with Crippen molar-refractivity contribution in [1.82, 2.24) is 14.5 Å². The number of carbonyl (C=O) groups excluding carboxylic acids is 1. The van der Waals surface area contributed by atoms with Gasteiger partial charge in [0.15, 0.2) is 0 Å². The van der Waals surface area contributed by atoms with Crippen molar-refractivity contribution in [1.29, 1.82) is 0 Å².